The number of rotatable bonds is 7. The minimum atomic E-state index is -1.31. The molecule has 0 saturated carbocycles. The van der Waals surface area contributed by atoms with Gasteiger partial charge in [-0.05, 0) is 13.3 Å². The first-order valence-electron chi connectivity index (χ1n) is 5.66. The molecule has 10 nitrogen and oxygen atoms in total. The fourth-order valence-corrected chi connectivity index (χ4v) is 1.30. The van der Waals surface area contributed by atoms with Crippen molar-refractivity contribution >= 4 is 18.0 Å². The van der Waals surface area contributed by atoms with Gasteiger partial charge in [0, 0.05) is 6.42 Å². The fourth-order valence-electron chi connectivity index (χ4n) is 1.30. The van der Waals surface area contributed by atoms with Gasteiger partial charge in [-0.3, -0.25) is 4.79 Å². The molecule has 0 fully saturated rings. The highest BCUT2D eigenvalue weighted by molar-refractivity contribution is 5.82. The van der Waals surface area contributed by atoms with Gasteiger partial charge in [-0.15, -0.1) is 0 Å². The van der Waals surface area contributed by atoms with Gasteiger partial charge in [0.15, 0.2) is 5.82 Å². The number of aliphatic carboxylic acids is 2. The number of nitrogens with one attached hydrogen (secondary N) is 2. The summed E-state index contributed by atoms with van der Waals surface area (Å²) in [5.74, 6) is -1.86. The number of aryl methyl sites for hydroxylation is 1. The van der Waals surface area contributed by atoms with Crippen LogP contribution < -0.4 is 10.6 Å². The average molecular weight is 286 g/mol. The Morgan fingerprint density at radius 1 is 1.35 bits per heavy atom. The van der Waals surface area contributed by atoms with Crippen LogP contribution in [-0.2, 0) is 16.1 Å². The number of hydrogen-bond donors (Lipinski definition) is 4. The maximum Gasteiger partial charge on any atom is 0.326 e. The van der Waals surface area contributed by atoms with E-state index in [0.717, 1.165) is 0 Å². The lowest BCUT2D eigenvalue weighted by molar-refractivity contribution is -0.140. The second-order valence-corrected chi connectivity index (χ2v) is 3.89. The highest BCUT2D eigenvalue weighted by atomic mass is 16.5. The molecule has 10 heteroatoms. The van der Waals surface area contributed by atoms with Crippen molar-refractivity contribution in [3.63, 3.8) is 0 Å². The lowest BCUT2D eigenvalue weighted by Gasteiger charge is -2.13. The predicted octanol–water partition coefficient (Wildman–Crippen LogP) is -0.505. The van der Waals surface area contributed by atoms with Crippen molar-refractivity contribution in [2.75, 3.05) is 0 Å². The molecule has 4 N–H and O–H groups in total. The quantitative estimate of drug-likeness (QED) is 0.522. The molecular weight excluding hydrogens is 272 g/mol. The van der Waals surface area contributed by atoms with Gasteiger partial charge in [-0.25, -0.2) is 9.59 Å². The molecule has 1 aromatic rings. The largest absolute Gasteiger partial charge is 0.481 e. The number of carbonyl (C=O) groups is 3. The van der Waals surface area contributed by atoms with Crippen LogP contribution in [-0.4, -0.2) is 44.4 Å². The van der Waals surface area contributed by atoms with E-state index in [0.29, 0.717) is 5.82 Å². The summed E-state index contributed by atoms with van der Waals surface area (Å²) in [6.07, 6.45) is -0.572. The molecule has 0 saturated heterocycles. The summed E-state index contributed by atoms with van der Waals surface area (Å²) < 4.78 is 4.75. The second-order valence-electron chi connectivity index (χ2n) is 3.89. The fraction of sp³-hybridized carbons (Fsp3) is 0.500. The zero-order valence-corrected chi connectivity index (χ0v) is 10.6. The Hall–Kier alpha value is -2.65. The van der Waals surface area contributed by atoms with E-state index >= 15 is 0 Å². The van der Waals surface area contributed by atoms with Crippen molar-refractivity contribution in [2.45, 2.75) is 32.4 Å². The van der Waals surface area contributed by atoms with E-state index in [2.05, 4.69) is 20.8 Å². The molecule has 1 heterocycles. The van der Waals surface area contributed by atoms with E-state index in [1.54, 1.807) is 6.92 Å². The number of amides is 2. The lowest BCUT2D eigenvalue weighted by atomic mass is 10.1. The van der Waals surface area contributed by atoms with Crippen LogP contribution >= 0.6 is 0 Å². The summed E-state index contributed by atoms with van der Waals surface area (Å²) in [7, 11) is 0. The standard InChI is InChI=1S/C10H14N4O6/c1-5-12-7(20-14-5)4-11-10(19)13-6(9(17)18)2-3-8(15)16/h6H,2-4H2,1H3,(H,15,16)(H,17,18)(H2,11,13,19). The number of carboxylic acid groups (broad SMARTS) is 2. The first-order chi connectivity index (χ1) is 9.38. The Morgan fingerprint density at radius 3 is 2.55 bits per heavy atom. The van der Waals surface area contributed by atoms with Gasteiger partial charge < -0.3 is 25.4 Å². The van der Waals surface area contributed by atoms with Gasteiger partial charge in [0.25, 0.3) is 0 Å². The van der Waals surface area contributed by atoms with Gasteiger partial charge in [-0.1, -0.05) is 5.16 Å². The third-order valence-electron chi connectivity index (χ3n) is 2.22. The van der Waals surface area contributed by atoms with Gasteiger partial charge in [0.05, 0.1) is 6.54 Å². The van der Waals surface area contributed by atoms with Crippen molar-refractivity contribution in [1.82, 2.24) is 20.8 Å². The van der Waals surface area contributed by atoms with Crippen LogP contribution in [0.2, 0.25) is 0 Å². The van der Waals surface area contributed by atoms with E-state index in [-0.39, 0.29) is 25.3 Å². The highest BCUT2D eigenvalue weighted by Gasteiger charge is 2.20. The number of urea groups is 1. The van der Waals surface area contributed by atoms with Crippen LogP contribution in [0.1, 0.15) is 24.6 Å². The smallest absolute Gasteiger partial charge is 0.326 e. The highest BCUT2D eigenvalue weighted by Crippen LogP contribution is 1.99. The van der Waals surface area contributed by atoms with Gasteiger partial charge in [-0.2, -0.15) is 4.98 Å². The summed E-state index contributed by atoms with van der Waals surface area (Å²) in [6.45, 7) is 1.55. The van der Waals surface area contributed by atoms with Crippen molar-refractivity contribution < 1.29 is 29.1 Å². The van der Waals surface area contributed by atoms with E-state index in [1.165, 1.54) is 0 Å². The summed E-state index contributed by atoms with van der Waals surface area (Å²) in [5, 5.41) is 25.3. The third-order valence-corrected chi connectivity index (χ3v) is 2.22. The number of aromatic nitrogens is 2. The number of carbonyl (C=O) groups excluding carboxylic acids is 1. The molecule has 1 rings (SSSR count). The molecule has 2 amide bonds. The average Bonchev–Trinajstić information content (AvgIpc) is 2.77. The van der Waals surface area contributed by atoms with Crippen LogP contribution in [0.15, 0.2) is 4.52 Å². The molecule has 0 aliphatic heterocycles. The van der Waals surface area contributed by atoms with Crippen LogP contribution in [0.5, 0.6) is 0 Å². The van der Waals surface area contributed by atoms with Crippen LogP contribution in [0.25, 0.3) is 0 Å². The maximum atomic E-state index is 11.5. The molecule has 1 atom stereocenters. The van der Waals surface area contributed by atoms with Crippen LogP contribution in [0, 0.1) is 6.92 Å². The topological polar surface area (TPSA) is 155 Å². The Bertz CT molecular complexity index is 500. The van der Waals surface area contributed by atoms with Gasteiger partial charge in [0.1, 0.15) is 6.04 Å². The molecule has 110 valence electrons. The normalized spacial score (nSPS) is 11.7. The minimum absolute atomic E-state index is 0.0576. The molecule has 0 radical (unpaired) electrons. The minimum Gasteiger partial charge on any atom is -0.481 e. The second kappa shape index (κ2) is 7.07. The number of nitrogens with zero attached hydrogens (tertiary/aromatic N) is 2. The molecular formula is C10H14N4O6. The molecule has 1 aromatic heterocycles. The van der Waals surface area contributed by atoms with Crippen LogP contribution in [0.4, 0.5) is 4.79 Å². The maximum absolute atomic E-state index is 11.5. The Balaban J connectivity index is 2.41. The van der Waals surface area contributed by atoms with Crippen LogP contribution in [0.3, 0.4) is 0 Å². The summed E-state index contributed by atoms with van der Waals surface area (Å²) in [4.78, 5) is 36.5. The molecule has 20 heavy (non-hydrogen) atoms. The Kier molecular flexibility index (Phi) is 5.44. The molecule has 0 aliphatic rings. The first-order valence-corrected chi connectivity index (χ1v) is 5.66. The molecule has 0 aromatic carbocycles. The Labute approximate surface area is 113 Å². The zero-order chi connectivity index (χ0) is 15.1. The summed E-state index contributed by atoms with van der Waals surface area (Å²) >= 11 is 0. The molecule has 0 aliphatic carbocycles. The third kappa shape index (κ3) is 5.33. The lowest BCUT2D eigenvalue weighted by Crippen LogP contribution is -2.46. The number of carboxylic acids is 2. The predicted molar refractivity (Wildman–Crippen MR) is 62.7 cm³/mol. The number of hydrogen-bond acceptors (Lipinski definition) is 6. The van der Waals surface area contributed by atoms with Gasteiger partial charge in [0.2, 0.25) is 5.89 Å². The van der Waals surface area contributed by atoms with Crippen molar-refractivity contribution in [1.29, 1.82) is 0 Å². The monoisotopic (exact) mass is 286 g/mol. The molecule has 0 spiro atoms. The van der Waals surface area contributed by atoms with Crippen molar-refractivity contribution in [3.05, 3.63) is 11.7 Å². The zero-order valence-electron chi connectivity index (χ0n) is 10.6. The summed E-state index contributed by atoms with van der Waals surface area (Å²) in [6, 6.07) is -2.05. The van der Waals surface area contributed by atoms with E-state index in [9.17, 15) is 14.4 Å². The molecule has 0 bridgehead atoms. The molecule has 1 unspecified atom stereocenters. The van der Waals surface area contributed by atoms with Crippen molar-refractivity contribution in [3.8, 4) is 0 Å². The first kappa shape index (κ1) is 15.4. The Morgan fingerprint density at radius 2 is 2.05 bits per heavy atom. The summed E-state index contributed by atoms with van der Waals surface area (Å²) in [5.41, 5.74) is 0. The van der Waals surface area contributed by atoms with Gasteiger partial charge >= 0.3 is 18.0 Å². The van der Waals surface area contributed by atoms with Crippen molar-refractivity contribution in [2.24, 2.45) is 0 Å². The van der Waals surface area contributed by atoms with E-state index < -0.39 is 24.0 Å². The SMILES string of the molecule is Cc1noc(CNC(=O)NC(CCC(=O)O)C(=O)O)n1. The van der Waals surface area contributed by atoms with E-state index in [1.807, 2.05) is 0 Å². The van der Waals surface area contributed by atoms with E-state index in [4.69, 9.17) is 14.7 Å².